The van der Waals surface area contributed by atoms with Crippen LogP contribution in [0.3, 0.4) is 0 Å². The summed E-state index contributed by atoms with van der Waals surface area (Å²) in [5.41, 5.74) is 2.76. The fourth-order valence-corrected chi connectivity index (χ4v) is 5.84. The van der Waals surface area contributed by atoms with Crippen molar-refractivity contribution in [3.05, 3.63) is 82.6 Å². The van der Waals surface area contributed by atoms with Gasteiger partial charge in [0.25, 0.3) is 10.0 Å². The van der Waals surface area contributed by atoms with Crippen LogP contribution in [0.1, 0.15) is 48.3 Å². The highest BCUT2D eigenvalue weighted by atomic mass is 32.2. The first kappa shape index (κ1) is 26.5. The Morgan fingerprint density at radius 3 is 2.38 bits per heavy atom. The van der Waals surface area contributed by atoms with E-state index in [1.54, 1.807) is 39.0 Å². The van der Waals surface area contributed by atoms with Crippen LogP contribution in [0.5, 0.6) is 5.75 Å². The fraction of sp³-hybridized carbons (Fsp3) is 0.321. The van der Waals surface area contributed by atoms with Gasteiger partial charge in [-0.2, -0.15) is 8.42 Å². The van der Waals surface area contributed by atoms with E-state index < -0.39 is 21.6 Å². The highest BCUT2D eigenvalue weighted by Gasteiger charge is 2.35. The van der Waals surface area contributed by atoms with E-state index in [1.807, 2.05) is 24.3 Å². The molecule has 1 heterocycles. The molecule has 0 bridgehead atoms. The number of hydrogen-bond acceptors (Lipinski definition) is 6. The minimum absolute atomic E-state index is 0.172. The number of sulfonamides is 1. The first-order valence-corrected chi connectivity index (χ1v) is 13.5. The van der Waals surface area contributed by atoms with Gasteiger partial charge < -0.3 is 19.4 Å². The topological polar surface area (TPSA) is 117 Å². The molecular formula is C28H31NO7S. The van der Waals surface area contributed by atoms with Crippen LogP contribution in [0, 0.1) is 6.92 Å². The van der Waals surface area contributed by atoms with E-state index in [4.69, 9.17) is 14.3 Å². The van der Waals surface area contributed by atoms with Crippen molar-refractivity contribution in [1.29, 1.82) is 0 Å². The number of carboxylic acid groups (broad SMARTS) is 1. The molecule has 0 saturated carbocycles. The van der Waals surface area contributed by atoms with Gasteiger partial charge in [-0.3, -0.25) is 4.31 Å². The Labute approximate surface area is 216 Å². The molecule has 1 aromatic heterocycles. The Hall–Kier alpha value is -3.56. The predicted octanol–water partition coefficient (Wildman–Crippen LogP) is 4.72. The summed E-state index contributed by atoms with van der Waals surface area (Å²) in [6.07, 6.45) is 5.26. The molecule has 0 amide bonds. The Morgan fingerprint density at radius 1 is 1.11 bits per heavy atom. The van der Waals surface area contributed by atoms with Crippen LogP contribution in [0.4, 0.5) is 5.69 Å². The number of aryl methyl sites for hydroxylation is 3. The van der Waals surface area contributed by atoms with Gasteiger partial charge in [0, 0.05) is 6.08 Å². The lowest BCUT2D eigenvalue weighted by molar-refractivity contribution is -0.131. The Kier molecular flexibility index (Phi) is 7.47. The predicted molar refractivity (Wildman–Crippen MR) is 140 cm³/mol. The molecule has 4 rings (SSSR count). The summed E-state index contributed by atoms with van der Waals surface area (Å²) in [4.78, 5) is 10.7. The van der Waals surface area contributed by atoms with Crippen LogP contribution in [-0.2, 0) is 34.3 Å². The number of carbonyl (C=O) groups is 1. The third kappa shape index (κ3) is 6.42. The summed E-state index contributed by atoms with van der Waals surface area (Å²) in [6, 6.07) is 14.0. The van der Waals surface area contributed by atoms with E-state index in [0.29, 0.717) is 17.2 Å². The lowest BCUT2D eigenvalue weighted by atomic mass is 10.1. The monoisotopic (exact) mass is 525 g/mol. The highest BCUT2D eigenvalue weighted by molar-refractivity contribution is 7.92. The number of nitrogens with zero attached hydrogens (tertiary/aromatic N) is 1. The molecule has 9 heteroatoms. The van der Waals surface area contributed by atoms with Gasteiger partial charge in [0.15, 0.2) is 0 Å². The summed E-state index contributed by atoms with van der Waals surface area (Å²) in [6.45, 7) is 4.75. The molecule has 196 valence electrons. The quantitative estimate of drug-likeness (QED) is 0.368. The maximum Gasteiger partial charge on any atom is 0.328 e. The van der Waals surface area contributed by atoms with Crippen molar-refractivity contribution in [3.63, 3.8) is 0 Å². The van der Waals surface area contributed by atoms with Crippen LogP contribution < -0.4 is 9.04 Å². The van der Waals surface area contributed by atoms with Crippen LogP contribution in [-0.4, -0.2) is 36.7 Å². The van der Waals surface area contributed by atoms with Gasteiger partial charge in [-0.25, -0.2) is 4.79 Å². The van der Waals surface area contributed by atoms with E-state index in [0.717, 1.165) is 47.6 Å². The molecule has 0 fully saturated rings. The third-order valence-corrected chi connectivity index (χ3v) is 7.66. The Morgan fingerprint density at radius 2 is 1.78 bits per heavy atom. The molecule has 37 heavy (non-hydrogen) atoms. The average molecular weight is 526 g/mol. The Bertz CT molecular complexity index is 1410. The maximum atomic E-state index is 13.7. The summed E-state index contributed by atoms with van der Waals surface area (Å²) < 4.78 is 40.3. The maximum absolute atomic E-state index is 13.7. The minimum atomic E-state index is -4.14. The SMILES string of the molecule is Cc1ccc(S(=O)(=O)N(CC(C)(C)O)c2cc3c(cc2OCc2ccc(C=CC(=O)O)cc2)CCC3)o1. The van der Waals surface area contributed by atoms with Gasteiger partial charge in [0.2, 0.25) is 5.09 Å². The third-order valence-electron chi connectivity index (χ3n) is 6.03. The van der Waals surface area contributed by atoms with Gasteiger partial charge in [0.1, 0.15) is 18.1 Å². The molecule has 1 aliphatic rings. The van der Waals surface area contributed by atoms with E-state index in [9.17, 15) is 18.3 Å². The molecule has 2 aromatic carbocycles. The van der Waals surface area contributed by atoms with Gasteiger partial charge in [-0.15, -0.1) is 0 Å². The van der Waals surface area contributed by atoms with E-state index >= 15 is 0 Å². The van der Waals surface area contributed by atoms with Crippen molar-refractivity contribution in [2.45, 2.75) is 57.3 Å². The molecule has 3 aromatic rings. The molecule has 0 aliphatic heterocycles. The zero-order valence-electron chi connectivity index (χ0n) is 21.1. The van der Waals surface area contributed by atoms with Crippen LogP contribution in [0.15, 0.2) is 64.1 Å². The van der Waals surface area contributed by atoms with Crippen molar-refractivity contribution in [3.8, 4) is 5.75 Å². The number of ether oxygens (including phenoxy) is 1. The molecule has 2 N–H and O–H groups in total. The van der Waals surface area contributed by atoms with Crippen molar-refractivity contribution in [2.75, 3.05) is 10.8 Å². The highest BCUT2D eigenvalue weighted by Crippen LogP contribution is 2.39. The standard InChI is InChI=1S/C28H31NO7S/c1-19-7-14-27(36-19)37(33,34)29(18-28(2,3)32)24-15-22-5-4-6-23(22)16-25(24)35-17-21-10-8-20(9-11-21)12-13-26(30)31/h7-16,32H,4-6,17-18H2,1-3H3,(H,30,31). The fourth-order valence-electron chi connectivity index (χ4n) is 4.26. The molecule has 0 atom stereocenters. The van der Waals surface area contributed by atoms with Crippen LogP contribution in [0.25, 0.3) is 6.08 Å². The molecule has 0 saturated heterocycles. The second-order valence-corrected chi connectivity index (χ2v) is 11.6. The number of fused-ring (bicyclic) bond motifs is 1. The smallest absolute Gasteiger partial charge is 0.328 e. The summed E-state index contributed by atoms with van der Waals surface area (Å²) in [5, 5.41) is 19.2. The average Bonchev–Trinajstić information content (AvgIpc) is 3.48. The minimum Gasteiger partial charge on any atom is -0.487 e. The zero-order chi connectivity index (χ0) is 26.8. The first-order chi connectivity index (χ1) is 17.4. The van der Waals surface area contributed by atoms with E-state index in [1.165, 1.54) is 16.4 Å². The van der Waals surface area contributed by atoms with Crippen molar-refractivity contribution in [1.82, 2.24) is 0 Å². The number of aliphatic hydroxyl groups is 1. The lowest BCUT2D eigenvalue weighted by Gasteiger charge is -2.31. The number of furan rings is 1. The zero-order valence-corrected chi connectivity index (χ0v) is 21.9. The first-order valence-electron chi connectivity index (χ1n) is 12.0. The van der Waals surface area contributed by atoms with E-state index in [2.05, 4.69) is 0 Å². The molecular weight excluding hydrogens is 494 g/mol. The van der Waals surface area contributed by atoms with Gasteiger partial charge in [0.05, 0.1) is 17.8 Å². The molecule has 1 aliphatic carbocycles. The van der Waals surface area contributed by atoms with Crippen LogP contribution in [0.2, 0.25) is 0 Å². The van der Waals surface area contributed by atoms with Gasteiger partial charge >= 0.3 is 5.97 Å². The van der Waals surface area contributed by atoms with Gasteiger partial charge in [-0.1, -0.05) is 24.3 Å². The second kappa shape index (κ2) is 10.4. The number of hydrogen-bond donors (Lipinski definition) is 2. The normalized spacial score (nSPS) is 13.6. The Balaban J connectivity index is 1.70. The molecule has 0 radical (unpaired) electrons. The van der Waals surface area contributed by atoms with Gasteiger partial charge in [-0.05, 0) is 92.6 Å². The van der Waals surface area contributed by atoms with Crippen molar-refractivity contribution >= 4 is 27.8 Å². The molecule has 8 nitrogen and oxygen atoms in total. The lowest BCUT2D eigenvalue weighted by Crippen LogP contribution is -2.42. The largest absolute Gasteiger partial charge is 0.487 e. The number of anilines is 1. The number of carboxylic acids is 1. The second-order valence-electron chi connectivity index (χ2n) is 9.83. The van der Waals surface area contributed by atoms with Crippen LogP contribution >= 0.6 is 0 Å². The number of rotatable bonds is 10. The summed E-state index contributed by atoms with van der Waals surface area (Å²) in [7, 11) is -4.14. The number of benzene rings is 2. The summed E-state index contributed by atoms with van der Waals surface area (Å²) in [5.74, 6) is -0.160. The van der Waals surface area contributed by atoms with Crippen molar-refractivity contribution in [2.24, 2.45) is 0 Å². The van der Waals surface area contributed by atoms with E-state index in [-0.39, 0.29) is 18.2 Å². The summed E-state index contributed by atoms with van der Waals surface area (Å²) >= 11 is 0. The molecule has 0 spiro atoms. The molecule has 0 unspecified atom stereocenters. The van der Waals surface area contributed by atoms with Crippen molar-refractivity contribution < 1.29 is 32.6 Å². The number of aliphatic carboxylic acids is 1.